The summed E-state index contributed by atoms with van der Waals surface area (Å²) in [6.45, 7) is 4.55. The van der Waals surface area contributed by atoms with Gasteiger partial charge in [0, 0.05) is 18.7 Å². The zero-order valence-electron chi connectivity index (χ0n) is 15.1. The van der Waals surface area contributed by atoms with E-state index in [2.05, 4.69) is 26.7 Å². The molecule has 0 spiro atoms. The van der Waals surface area contributed by atoms with Crippen LogP contribution in [0.15, 0.2) is 12.4 Å². The maximum Gasteiger partial charge on any atom is 0.220 e. The fourth-order valence-electron chi connectivity index (χ4n) is 3.42. The summed E-state index contributed by atoms with van der Waals surface area (Å²) in [6, 6.07) is 0. The van der Waals surface area contributed by atoms with Gasteiger partial charge in [-0.05, 0) is 31.6 Å². The van der Waals surface area contributed by atoms with Crippen LogP contribution in [0.25, 0.3) is 11.3 Å². The molecule has 0 aliphatic carbocycles. The summed E-state index contributed by atoms with van der Waals surface area (Å²) in [4.78, 5) is 8.18. The molecule has 2 aromatic heterocycles. The van der Waals surface area contributed by atoms with Gasteiger partial charge in [0.25, 0.3) is 0 Å². The summed E-state index contributed by atoms with van der Waals surface area (Å²) >= 11 is 6.20. The van der Waals surface area contributed by atoms with Crippen LogP contribution in [0.1, 0.15) is 50.6 Å². The smallest absolute Gasteiger partial charge is 0.220 e. The van der Waals surface area contributed by atoms with E-state index in [0.717, 1.165) is 44.4 Å². The fourth-order valence-corrected chi connectivity index (χ4v) is 3.61. The van der Waals surface area contributed by atoms with Gasteiger partial charge < -0.3 is 15.6 Å². The van der Waals surface area contributed by atoms with E-state index in [1.807, 2.05) is 6.20 Å². The van der Waals surface area contributed by atoms with Crippen molar-refractivity contribution in [3.8, 4) is 11.3 Å². The molecule has 0 aromatic carbocycles. The van der Waals surface area contributed by atoms with Crippen molar-refractivity contribution < 1.29 is 9.84 Å². The Balaban J connectivity index is 0.000000236. The molecule has 2 aliphatic rings. The van der Waals surface area contributed by atoms with Crippen LogP contribution in [0.4, 0.5) is 5.95 Å². The average molecular weight is 380 g/mol. The Labute approximate surface area is 158 Å². The number of ether oxygens (including phenoxy) is 1. The summed E-state index contributed by atoms with van der Waals surface area (Å²) in [6.07, 6.45) is 8.68. The largest absolute Gasteiger partial charge is 0.391 e. The Bertz CT molecular complexity index is 730. The zero-order valence-corrected chi connectivity index (χ0v) is 15.8. The summed E-state index contributed by atoms with van der Waals surface area (Å²) < 4.78 is 7.00. The van der Waals surface area contributed by atoms with E-state index >= 15 is 0 Å². The third kappa shape index (κ3) is 4.52. The summed E-state index contributed by atoms with van der Waals surface area (Å²) in [5, 5.41) is 13.8. The Kier molecular flexibility index (Phi) is 6.45. The molecule has 7 nitrogen and oxygen atoms in total. The number of anilines is 1. The molecule has 1 saturated heterocycles. The first-order valence-electron chi connectivity index (χ1n) is 9.16. The third-order valence-electron chi connectivity index (χ3n) is 4.76. The van der Waals surface area contributed by atoms with E-state index < -0.39 is 0 Å². The molecule has 4 rings (SSSR count). The number of hydrogen-bond donors (Lipinski definition) is 2. The maximum absolute atomic E-state index is 8.78. The molecule has 4 heterocycles. The average Bonchev–Trinajstić information content (AvgIpc) is 2.97. The van der Waals surface area contributed by atoms with Crippen LogP contribution in [0.3, 0.4) is 0 Å². The molecule has 2 atom stereocenters. The van der Waals surface area contributed by atoms with Gasteiger partial charge in [0.05, 0.1) is 41.5 Å². The minimum atomic E-state index is -0.186. The van der Waals surface area contributed by atoms with Crippen molar-refractivity contribution >= 4 is 17.5 Å². The fraction of sp³-hybridized carbons (Fsp3) is 0.611. The van der Waals surface area contributed by atoms with Crippen LogP contribution in [0.2, 0.25) is 5.02 Å². The number of aliphatic hydroxyl groups is 1. The number of nitrogen functional groups attached to an aromatic ring is 1. The molecule has 3 N–H and O–H groups in total. The van der Waals surface area contributed by atoms with Crippen LogP contribution < -0.4 is 5.73 Å². The van der Waals surface area contributed by atoms with Crippen molar-refractivity contribution in [2.75, 3.05) is 18.9 Å². The van der Waals surface area contributed by atoms with Gasteiger partial charge in [0.1, 0.15) is 0 Å². The Morgan fingerprint density at radius 1 is 1.27 bits per heavy atom. The summed E-state index contributed by atoms with van der Waals surface area (Å²) in [7, 11) is 0. The minimum Gasteiger partial charge on any atom is -0.391 e. The van der Waals surface area contributed by atoms with Gasteiger partial charge in [-0.1, -0.05) is 24.9 Å². The topological polar surface area (TPSA) is 99.1 Å². The molecule has 0 saturated carbocycles. The number of hydrogen-bond acceptors (Lipinski definition) is 6. The molecule has 2 aromatic rings. The van der Waals surface area contributed by atoms with Gasteiger partial charge in [-0.15, -0.1) is 0 Å². The molecule has 26 heavy (non-hydrogen) atoms. The van der Waals surface area contributed by atoms with E-state index in [1.165, 1.54) is 12.1 Å². The van der Waals surface area contributed by atoms with Gasteiger partial charge in [-0.3, -0.25) is 4.68 Å². The number of aromatic nitrogens is 4. The lowest BCUT2D eigenvalue weighted by atomic mass is 9.97. The standard InChI is InChI=1S/C13H16ClN5.C5H10O2/c1-8-4-2-3-5-19-12(8)9(6-17-19)11-10(14)7-16-13(15)18-11;6-5-2-1-3-7-4-5/h6-8H,2-5H2,1H3,(H2,15,16,18);5-6H,1-4H2. The lowest BCUT2D eigenvalue weighted by Crippen LogP contribution is -2.21. The number of nitrogens with two attached hydrogens (primary N) is 1. The first-order chi connectivity index (χ1) is 12.6. The van der Waals surface area contributed by atoms with Gasteiger partial charge in [0.2, 0.25) is 5.95 Å². The molecular formula is C18H26ClN5O2. The summed E-state index contributed by atoms with van der Waals surface area (Å²) in [5.74, 6) is 0.688. The summed E-state index contributed by atoms with van der Waals surface area (Å²) in [5.41, 5.74) is 8.54. The molecule has 8 heteroatoms. The molecule has 0 bridgehead atoms. The maximum atomic E-state index is 8.78. The van der Waals surface area contributed by atoms with Crippen LogP contribution in [0.5, 0.6) is 0 Å². The third-order valence-corrected chi connectivity index (χ3v) is 5.03. The van der Waals surface area contributed by atoms with Crippen LogP contribution in [0, 0.1) is 0 Å². The highest BCUT2D eigenvalue weighted by molar-refractivity contribution is 6.32. The van der Waals surface area contributed by atoms with Crippen molar-refractivity contribution in [2.24, 2.45) is 0 Å². The molecule has 2 aliphatic heterocycles. The van der Waals surface area contributed by atoms with Crippen LogP contribution >= 0.6 is 11.6 Å². The number of aliphatic hydroxyl groups excluding tert-OH is 1. The van der Waals surface area contributed by atoms with Gasteiger partial charge in [0.15, 0.2) is 0 Å². The first-order valence-corrected chi connectivity index (χ1v) is 9.54. The van der Waals surface area contributed by atoms with E-state index in [4.69, 9.17) is 27.2 Å². The number of fused-ring (bicyclic) bond motifs is 1. The Hall–Kier alpha value is -1.70. The molecule has 1 fully saturated rings. The van der Waals surface area contributed by atoms with Gasteiger partial charge in [-0.25, -0.2) is 9.97 Å². The number of halogens is 1. The number of rotatable bonds is 1. The minimum absolute atomic E-state index is 0.186. The van der Waals surface area contributed by atoms with Crippen LogP contribution in [-0.4, -0.2) is 44.2 Å². The first kappa shape index (κ1) is 19.1. The highest BCUT2D eigenvalue weighted by Crippen LogP contribution is 2.36. The normalized spacial score (nSPS) is 22.7. The van der Waals surface area contributed by atoms with E-state index in [9.17, 15) is 0 Å². The predicted octanol–water partition coefficient (Wildman–Crippen LogP) is 3.02. The molecule has 142 valence electrons. The van der Waals surface area contributed by atoms with Crippen LogP contribution in [-0.2, 0) is 11.3 Å². The van der Waals surface area contributed by atoms with Crippen molar-refractivity contribution in [1.29, 1.82) is 0 Å². The van der Waals surface area contributed by atoms with Crippen molar-refractivity contribution in [3.05, 3.63) is 23.1 Å². The van der Waals surface area contributed by atoms with Crippen molar-refractivity contribution in [1.82, 2.24) is 19.7 Å². The predicted molar refractivity (Wildman–Crippen MR) is 101 cm³/mol. The van der Waals surface area contributed by atoms with Gasteiger partial charge in [-0.2, -0.15) is 5.10 Å². The quantitative estimate of drug-likeness (QED) is 0.790. The zero-order chi connectivity index (χ0) is 18.5. The van der Waals surface area contributed by atoms with E-state index in [1.54, 1.807) is 6.20 Å². The van der Waals surface area contributed by atoms with E-state index in [0.29, 0.717) is 23.2 Å². The molecular weight excluding hydrogens is 354 g/mol. The second kappa shape index (κ2) is 8.79. The monoisotopic (exact) mass is 379 g/mol. The second-order valence-corrected chi connectivity index (χ2v) is 7.27. The lowest BCUT2D eigenvalue weighted by Gasteiger charge is -2.15. The molecule has 2 unspecified atom stereocenters. The highest BCUT2D eigenvalue weighted by Gasteiger charge is 2.23. The lowest BCUT2D eigenvalue weighted by molar-refractivity contribution is -0.00535. The molecule has 0 radical (unpaired) electrons. The Morgan fingerprint density at radius 2 is 2.12 bits per heavy atom. The highest BCUT2D eigenvalue weighted by atomic mass is 35.5. The number of nitrogens with zero attached hydrogens (tertiary/aromatic N) is 4. The van der Waals surface area contributed by atoms with Crippen molar-refractivity contribution in [3.63, 3.8) is 0 Å². The Morgan fingerprint density at radius 3 is 2.81 bits per heavy atom. The number of aryl methyl sites for hydroxylation is 1. The van der Waals surface area contributed by atoms with Crippen molar-refractivity contribution in [2.45, 2.75) is 57.6 Å². The second-order valence-electron chi connectivity index (χ2n) is 6.86. The SMILES string of the molecule is CC1CCCCn2ncc(-c3nc(N)ncc3Cl)c21.OC1CCCOC1. The van der Waals surface area contributed by atoms with Gasteiger partial charge >= 0.3 is 0 Å². The molecule has 0 amide bonds. The van der Waals surface area contributed by atoms with E-state index in [-0.39, 0.29) is 12.1 Å².